The minimum atomic E-state index is -0.354. The summed E-state index contributed by atoms with van der Waals surface area (Å²) in [6, 6.07) is 2.81. The largest absolute Gasteiger partial charge is 0.507 e. The van der Waals surface area contributed by atoms with Gasteiger partial charge in [-0.1, -0.05) is 0 Å². The summed E-state index contributed by atoms with van der Waals surface area (Å²) in [5.41, 5.74) is 0.310. The summed E-state index contributed by atoms with van der Waals surface area (Å²) in [6.45, 7) is 2.90. The Kier molecular flexibility index (Phi) is 2.73. The van der Waals surface area contributed by atoms with Crippen LogP contribution in [0.4, 0.5) is 4.39 Å². The lowest BCUT2D eigenvalue weighted by Crippen LogP contribution is -2.34. The van der Waals surface area contributed by atoms with Gasteiger partial charge in [0.1, 0.15) is 11.6 Å². The Labute approximate surface area is 96.6 Å². The van der Waals surface area contributed by atoms with Crippen LogP contribution in [0.2, 0.25) is 0 Å². The molecule has 2 N–H and O–H groups in total. The number of aromatic hydroxyl groups is 1. The monoisotopic (exact) mass is 273 g/mol. The van der Waals surface area contributed by atoms with E-state index in [-0.39, 0.29) is 17.1 Å². The Morgan fingerprint density at radius 2 is 2.27 bits per heavy atom. The van der Waals surface area contributed by atoms with Gasteiger partial charge in [-0.05, 0) is 48.3 Å². The van der Waals surface area contributed by atoms with E-state index in [9.17, 15) is 9.50 Å². The van der Waals surface area contributed by atoms with E-state index < -0.39 is 0 Å². The third kappa shape index (κ3) is 1.88. The van der Waals surface area contributed by atoms with Gasteiger partial charge in [0.15, 0.2) is 0 Å². The topological polar surface area (TPSA) is 32.3 Å². The van der Waals surface area contributed by atoms with Crippen molar-refractivity contribution in [1.82, 2.24) is 5.32 Å². The fourth-order valence-corrected chi connectivity index (χ4v) is 2.43. The first kappa shape index (κ1) is 10.9. The highest BCUT2D eigenvalue weighted by molar-refractivity contribution is 9.10. The second kappa shape index (κ2) is 3.76. The molecule has 1 unspecified atom stereocenters. The predicted octanol–water partition coefficient (Wildman–Crippen LogP) is 2.89. The summed E-state index contributed by atoms with van der Waals surface area (Å²) in [5, 5.41) is 12.6. The highest BCUT2D eigenvalue weighted by Gasteiger charge is 2.32. The Hall–Kier alpha value is -0.610. The molecule has 1 aliphatic rings. The molecule has 2 nitrogen and oxygen atoms in total. The number of rotatable bonds is 1. The second-order valence-corrected chi connectivity index (χ2v) is 5.00. The van der Waals surface area contributed by atoms with E-state index in [1.807, 2.05) is 6.92 Å². The van der Waals surface area contributed by atoms with Crippen molar-refractivity contribution >= 4 is 15.9 Å². The van der Waals surface area contributed by atoms with Gasteiger partial charge in [0.2, 0.25) is 0 Å². The highest BCUT2D eigenvalue weighted by Crippen LogP contribution is 2.36. The van der Waals surface area contributed by atoms with Gasteiger partial charge in [0.25, 0.3) is 0 Å². The summed E-state index contributed by atoms with van der Waals surface area (Å²) in [6.07, 6.45) is 1.97. The Morgan fingerprint density at radius 1 is 1.53 bits per heavy atom. The number of phenols is 1. The quantitative estimate of drug-likeness (QED) is 0.825. The standard InChI is InChI=1S/C11H13BrFNO/c1-11(3-2-4-14-11)7-5-8(12)10(15)6-9(7)13/h5-6,14-15H,2-4H2,1H3. The fraction of sp³-hybridized carbons (Fsp3) is 0.455. The van der Waals surface area contributed by atoms with E-state index in [4.69, 9.17) is 0 Å². The van der Waals surface area contributed by atoms with E-state index >= 15 is 0 Å². The van der Waals surface area contributed by atoms with Crippen molar-refractivity contribution in [2.24, 2.45) is 0 Å². The molecule has 1 aromatic rings. The molecule has 15 heavy (non-hydrogen) atoms. The molecule has 0 radical (unpaired) electrons. The maximum absolute atomic E-state index is 13.7. The second-order valence-electron chi connectivity index (χ2n) is 4.15. The minimum absolute atomic E-state index is 0.0575. The number of nitrogens with one attached hydrogen (secondary N) is 1. The van der Waals surface area contributed by atoms with Gasteiger partial charge in [-0.15, -0.1) is 0 Å². The van der Waals surface area contributed by atoms with Gasteiger partial charge in [0, 0.05) is 17.2 Å². The van der Waals surface area contributed by atoms with E-state index in [1.54, 1.807) is 6.07 Å². The summed E-state index contributed by atoms with van der Waals surface area (Å²) >= 11 is 3.21. The van der Waals surface area contributed by atoms with Crippen molar-refractivity contribution in [1.29, 1.82) is 0 Å². The maximum atomic E-state index is 13.7. The number of benzene rings is 1. The number of halogens is 2. The molecule has 0 aromatic heterocycles. The molecule has 1 heterocycles. The molecule has 1 fully saturated rings. The number of phenolic OH excluding ortho intramolecular Hbond substituents is 1. The van der Waals surface area contributed by atoms with Gasteiger partial charge in [-0.25, -0.2) is 4.39 Å². The first-order valence-electron chi connectivity index (χ1n) is 4.96. The van der Waals surface area contributed by atoms with E-state index in [0.29, 0.717) is 10.0 Å². The zero-order valence-corrected chi connectivity index (χ0v) is 10.1. The SMILES string of the molecule is CC1(c2cc(Br)c(O)cc2F)CCCN1. The lowest BCUT2D eigenvalue weighted by Gasteiger charge is -2.25. The Morgan fingerprint density at radius 3 is 2.87 bits per heavy atom. The van der Waals surface area contributed by atoms with Crippen molar-refractivity contribution < 1.29 is 9.50 Å². The van der Waals surface area contributed by atoms with Gasteiger partial charge in [-0.2, -0.15) is 0 Å². The Bertz CT molecular complexity index is 388. The molecule has 0 saturated carbocycles. The molecule has 1 aliphatic heterocycles. The van der Waals surface area contributed by atoms with Gasteiger partial charge in [0.05, 0.1) is 4.47 Å². The van der Waals surface area contributed by atoms with Crippen LogP contribution in [0.3, 0.4) is 0 Å². The molecule has 82 valence electrons. The van der Waals surface area contributed by atoms with Crippen LogP contribution in [0.25, 0.3) is 0 Å². The van der Waals surface area contributed by atoms with Crippen LogP contribution < -0.4 is 5.32 Å². The van der Waals surface area contributed by atoms with Crippen molar-refractivity contribution in [2.75, 3.05) is 6.54 Å². The van der Waals surface area contributed by atoms with E-state index in [2.05, 4.69) is 21.2 Å². The number of hydrogen-bond acceptors (Lipinski definition) is 2. The number of hydrogen-bond donors (Lipinski definition) is 2. The van der Waals surface area contributed by atoms with Crippen LogP contribution in [0, 0.1) is 5.82 Å². The predicted molar refractivity (Wildman–Crippen MR) is 60.4 cm³/mol. The lowest BCUT2D eigenvalue weighted by molar-refractivity contribution is 0.405. The highest BCUT2D eigenvalue weighted by atomic mass is 79.9. The third-order valence-corrected chi connectivity index (χ3v) is 3.63. The van der Waals surface area contributed by atoms with Gasteiger partial charge in [-0.3, -0.25) is 0 Å². The Balaban J connectivity index is 2.48. The average molecular weight is 274 g/mol. The van der Waals surface area contributed by atoms with Crippen LogP contribution in [-0.4, -0.2) is 11.7 Å². The lowest BCUT2D eigenvalue weighted by atomic mass is 9.90. The summed E-state index contributed by atoms with van der Waals surface area (Å²) in [5.74, 6) is -0.412. The summed E-state index contributed by atoms with van der Waals surface area (Å²) in [4.78, 5) is 0. The zero-order valence-electron chi connectivity index (χ0n) is 8.48. The fourth-order valence-electron chi connectivity index (χ4n) is 2.08. The first-order valence-corrected chi connectivity index (χ1v) is 5.76. The van der Waals surface area contributed by atoms with Crippen LogP contribution >= 0.6 is 15.9 Å². The first-order chi connectivity index (χ1) is 7.03. The molecular formula is C11H13BrFNO. The van der Waals surface area contributed by atoms with E-state index in [1.165, 1.54) is 0 Å². The van der Waals surface area contributed by atoms with Crippen LogP contribution in [0.5, 0.6) is 5.75 Å². The molecule has 1 aromatic carbocycles. The van der Waals surface area contributed by atoms with Gasteiger partial charge >= 0.3 is 0 Å². The van der Waals surface area contributed by atoms with Crippen molar-refractivity contribution in [3.05, 3.63) is 28.0 Å². The molecule has 0 bridgehead atoms. The molecule has 1 saturated heterocycles. The van der Waals surface area contributed by atoms with Crippen LogP contribution in [0.1, 0.15) is 25.3 Å². The molecule has 0 spiro atoms. The molecule has 4 heteroatoms. The zero-order chi connectivity index (χ0) is 11.1. The van der Waals surface area contributed by atoms with Crippen molar-refractivity contribution in [2.45, 2.75) is 25.3 Å². The summed E-state index contributed by atoms with van der Waals surface area (Å²) in [7, 11) is 0. The van der Waals surface area contributed by atoms with Crippen molar-refractivity contribution in [3.8, 4) is 5.75 Å². The molecule has 0 aliphatic carbocycles. The molecule has 0 amide bonds. The normalized spacial score (nSPS) is 25.8. The molecular weight excluding hydrogens is 261 g/mol. The minimum Gasteiger partial charge on any atom is -0.507 e. The van der Waals surface area contributed by atoms with E-state index in [0.717, 1.165) is 25.5 Å². The van der Waals surface area contributed by atoms with Crippen LogP contribution in [0.15, 0.2) is 16.6 Å². The van der Waals surface area contributed by atoms with Crippen molar-refractivity contribution in [3.63, 3.8) is 0 Å². The van der Waals surface area contributed by atoms with Gasteiger partial charge < -0.3 is 10.4 Å². The third-order valence-electron chi connectivity index (χ3n) is 3.00. The average Bonchev–Trinajstić information content (AvgIpc) is 2.60. The smallest absolute Gasteiger partial charge is 0.132 e. The molecule has 1 atom stereocenters. The van der Waals surface area contributed by atoms with Crippen LogP contribution in [-0.2, 0) is 5.54 Å². The summed E-state index contributed by atoms with van der Waals surface area (Å²) < 4.78 is 14.2. The molecule has 2 rings (SSSR count). The maximum Gasteiger partial charge on any atom is 0.132 e.